The molecular weight excluding hydrogens is 369 g/mol. The molecule has 1 N–H and O–H groups in total. The highest BCUT2D eigenvalue weighted by Crippen LogP contribution is 2.63. The highest BCUT2D eigenvalue weighted by atomic mass is 31.2. The van der Waals surface area contributed by atoms with Gasteiger partial charge in [-0.1, -0.05) is 11.2 Å². The van der Waals surface area contributed by atoms with Crippen molar-refractivity contribution in [1.29, 1.82) is 0 Å². The molecule has 7 nitrogen and oxygen atoms in total. The maximum atomic E-state index is 13.7. The first-order valence-electron chi connectivity index (χ1n) is 8.95. The molecule has 2 aromatic rings. The Hall–Kier alpha value is -1.82. The van der Waals surface area contributed by atoms with Gasteiger partial charge in [-0.3, -0.25) is 4.57 Å². The Morgan fingerprint density at radius 1 is 1.19 bits per heavy atom. The largest absolute Gasteiger partial charge is 0.504 e. The van der Waals surface area contributed by atoms with E-state index in [9.17, 15) is 9.67 Å². The molecule has 0 fully saturated rings. The molecule has 1 unspecified atom stereocenters. The van der Waals surface area contributed by atoms with E-state index in [4.69, 9.17) is 18.3 Å². The zero-order valence-corrected chi connectivity index (χ0v) is 17.6. The number of aryl methyl sites for hydroxylation is 3. The second kappa shape index (κ2) is 8.91. The first kappa shape index (κ1) is 21.5. The van der Waals surface area contributed by atoms with E-state index in [-0.39, 0.29) is 19.0 Å². The first-order chi connectivity index (χ1) is 12.8. The maximum absolute atomic E-state index is 13.7. The molecule has 0 radical (unpaired) electrons. The quantitative estimate of drug-likeness (QED) is 0.604. The summed E-state index contributed by atoms with van der Waals surface area (Å²) >= 11 is 0. The molecule has 1 aromatic heterocycles. The van der Waals surface area contributed by atoms with Crippen LogP contribution in [0.25, 0.3) is 0 Å². The SMILES string of the molecule is CCOP(=O)(OCC)C(Cc1c(C)noc1C)c1cc(C)c(O)c(OC)c1. The summed E-state index contributed by atoms with van der Waals surface area (Å²) in [5, 5.41) is 14.2. The number of benzene rings is 1. The van der Waals surface area contributed by atoms with Crippen LogP contribution in [0.3, 0.4) is 0 Å². The van der Waals surface area contributed by atoms with E-state index in [1.807, 2.05) is 13.8 Å². The second-order valence-electron chi connectivity index (χ2n) is 6.29. The molecule has 2 rings (SSSR count). The van der Waals surface area contributed by atoms with Crippen molar-refractivity contribution in [3.8, 4) is 11.5 Å². The lowest BCUT2D eigenvalue weighted by Crippen LogP contribution is -2.11. The van der Waals surface area contributed by atoms with Crippen LogP contribution in [0.2, 0.25) is 0 Å². The summed E-state index contributed by atoms with van der Waals surface area (Å²) in [6.07, 6.45) is 0.367. The molecule has 1 heterocycles. The van der Waals surface area contributed by atoms with Crippen molar-refractivity contribution < 1.29 is 28.0 Å². The van der Waals surface area contributed by atoms with Gasteiger partial charge in [0, 0.05) is 5.56 Å². The van der Waals surface area contributed by atoms with E-state index in [0.29, 0.717) is 29.1 Å². The molecule has 1 atom stereocenters. The predicted octanol–water partition coefficient (Wildman–Crippen LogP) is 4.86. The van der Waals surface area contributed by atoms with Crippen LogP contribution in [0.4, 0.5) is 0 Å². The van der Waals surface area contributed by atoms with Gasteiger partial charge in [0.05, 0.1) is 31.7 Å². The Bertz CT molecular complexity index is 802. The normalized spacial score (nSPS) is 13.0. The molecular formula is C19H28NO6P. The number of phenolic OH excluding ortho intramolecular Hbond substituents is 1. The Morgan fingerprint density at radius 2 is 1.81 bits per heavy atom. The van der Waals surface area contributed by atoms with E-state index in [2.05, 4.69) is 5.16 Å². The summed E-state index contributed by atoms with van der Waals surface area (Å²) in [7, 11) is -2.03. The maximum Gasteiger partial charge on any atom is 0.338 e. The highest BCUT2D eigenvalue weighted by molar-refractivity contribution is 7.54. The van der Waals surface area contributed by atoms with E-state index >= 15 is 0 Å². The van der Waals surface area contributed by atoms with Crippen LogP contribution < -0.4 is 4.74 Å². The zero-order valence-electron chi connectivity index (χ0n) is 16.7. The molecule has 0 bridgehead atoms. The number of ether oxygens (including phenoxy) is 1. The van der Waals surface area contributed by atoms with Gasteiger partial charge in [-0.25, -0.2) is 0 Å². The van der Waals surface area contributed by atoms with E-state index < -0.39 is 13.3 Å². The Morgan fingerprint density at radius 3 is 2.30 bits per heavy atom. The van der Waals surface area contributed by atoms with E-state index in [0.717, 1.165) is 11.3 Å². The number of aromatic hydroxyl groups is 1. The van der Waals surface area contributed by atoms with Crippen LogP contribution in [0, 0.1) is 20.8 Å². The topological polar surface area (TPSA) is 91.0 Å². The second-order valence-corrected chi connectivity index (χ2v) is 8.51. The molecule has 0 amide bonds. The van der Waals surface area contributed by atoms with Crippen molar-refractivity contribution >= 4 is 7.60 Å². The minimum absolute atomic E-state index is 0.0555. The molecule has 0 saturated heterocycles. The van der Waals surface area contributed by atoms with Gasteiger partial charge in [0.1, 0.15) is 5.76 Å². The van der Waals surface area contributed by atoms with Crippen molar-refractivity contribution in [2.45, 2.75) is 46.7 Å². The molecule has 0 spiro atoms. The van der Waals surface area contributed by atoms with Crippen molar-refractivity contribution in [1.82, 2.24) is 5.16 Å². The number of rotatable bonds is 9. The highest BCUT2D eigenvalue weighted by Gasteiger charge is 2.38. The van der Waals surface area contributed by atoms with Crippen LogP contribution in [0.1, 0.15) is 47.7 Å². The molecule has 150 valence electrons. The van der Waals surface area contributed by atoms with Gasteiger partial charge in [0.2, 0.25) is 0 Å². The first-order valence-corrected chi connectivity index (χ1v) is 10.6. The Labute approximate surface area is 160 Å². The molecule has 0 saturated carbocycles. The summed E-state index contributed by atoms with van der Waals surface area (Å²) in [5.41, 5.74) is 2.33. The molecule has 27 heavy (non-hydrogen) atoms. The van der Waals surface area contributed by atoms with E-state index in [1.54, 1.807) is 32.9 Å². The van der Waals surface area contributed by atoms with E-state index in [1.165, 1.54) is 7.11 Å². The van der Waals surface area contributed by atoms with Crippen LogP contribution in [0.15, 0.2) is 16.7 Å². The number of nitrogens with zero attached hydrogens (tertiary/aromatic N) is 1. The van der Waals surface area contributed by atoms with Crippen molar-refractivity contribution in [2.75, 3.05) is 20.3 Å². The third-order valence-corrected chi connectivity index (χ3v) is 6.95. The minimum atomic E-state index is -3.50. The molecule has 0 aliphatic rings. The number of phenols is 1. The third-order valence-electron chi connectivity index (χ3n) is 4.47. The standard InChI is InChI=1S/C19H28NO6P/c1-7-24-27(22,25-8-2)18(11-16-13(4)20-26-14(16)5)15-9-12(3)19(21)17(10-15)23-6/h9-10,18,21H,7-8,11H2,1-6H3. The van der Waals surface area contributed by atoms with Crippen LogP contribution >= 0.6 is 7.60 Å². The van der Waals surface area contributed by atoms with Crippen molar-refractivity contribution in [2.24, 2.45) is 0 Å². The van der Waals surface area contributed by atoms with Crippen LogP contribution in [-0.2, 0) is 20.0 Å². The lowest BCUT2D eigenvalue weighted by atomic mass is 10.0. The van der Waals surface area contributed by atoms with Gasteiger partial charge in [-0.15, -0.1) is 0 Å². The van der Waals surface area contributed by atoms with Crippen molar-refractivity contribution in [3.63, 3.8) is 0 Å². The minimum Gasteiger partial charge on any atom is -0.504 e. The average Bonchev–Trinajstić information content (AvgIpc) is 2.93. The van der Waals surface area contributed by atoms with Crippen LogP contribution in [-0.4, -0.2) is 30.6 Å². The number of methoxy groups -OCH3 is 1. The van der Waals surface area contributed by atoms with Gasteiger partial charge in [-0.2, -0.15) is 0 Å². The summed E-state index contributed by atoms with van der Waals surface area (Å²) in [4.78, 5) is 0. The lowest BCUT2D eigenvalue weighted by Gasteiger charge is -2.27. The zero-order chi connectivity index (χ0) is 20.2. The number of aromatic nitrogens is 1. The number of hydrogen-bond acceptors (Lipinski definition) is 7. The molecule has 0 aliphatic carbocycles. The fourth-order valence-electron chi connectivity index (χ4n) is 3.10. The monoisotopic (exact) mass is 397 g/mol. The van der Waals surface area contributed by atoms with Gasteiger partial charge in [0.25, 0.3) is 0 Å². The predicted molar refractivity (Wildman–Crippen MR) is 103 cm³/mol. The smallest absolute Gasteiger partial charge is 0.338 e. The summed E-state index contributed by atoms with van der Waals surface area (Å²) in [6, 6.07) is 3.46. The molecule has 1 aromatic carbocycles. The van der Waals surface area contributed by atoms with Gasteiger partial charge < -0.3 is 23.4 Å². The van der Waals surface area contributed by atoms with Gasteiger partial charge in [-0.05, 0) is 58.2 Å². The fourth-order valence-corrected chi connectivity index (χ4v) is 5.17. The summed E-state index contributed by atoms with van der Waals surface area (Å²) < 4.78 is 35.5. The molecule has 0 aliphatic heterocycles. The van der Waals surface area contributed by atoms with Crippen LogP contribution in [0.5, 0.6) is 11.5 Å². The lowest BCUT2D eigenvalue weighted by molar-refractivity contribution is 0.211. The Balaban J connectivity index is 2.62. The summed E-state index contributed by atoms with van der Waals surface area (Å²) in [5.74, 6) is 1.04. The third kappa shape index (κ3) is 4.54. The van der Waals surface area contributed by atoms with Gasteiger partial charge >= 0.3 is 7.60 Å². The average molecular weight is 397 g/mol. The summed E-state index contributed by atoms with van der Waals surface area (Å²) in [6.45, 7) is 9.50. The fraction of sp³-hybridized carbons (Fsp3) is 0.526. The molecule has 8 heteroatoms. The van der Waals surface area contributed by atoms with Gasteiger partial charge in [0.15, 0.2) is 11.5 Å². The van der Waals surface area contributed by atoms with Crippen molar-refractivity contribution in [3.05, 3.63) is 40.3 Å². The Kier molecular flexibility index (Phi) is 7.09. The number of hydrogen-bond donors (Lipinski definition) is 1.